The number of carbonyl (C=O) groups excluding carboxylic acids is 1. The normalized spacial score (nSPS) is 11.2. The Labute approximate surface area is 121 Å². The van der Waals surface area contributed by atoms with E-state index in [1.54, 1.807) is 24.5 Å². The molecule has 0 fully saturated rings. The Morgan fingerprint density at radius 1 is 1.25 bits per heavy atom. The van der Waals surface area contributed by atoms with E-state index in [-0.39, 0.29) is 10.6 Å². The van der Waals surface area contributed by atoms with Crippen molar-refractivity contribution in [1.29, 1.82) is 0 Å². The van der Waals surface area contributed by atoms with Gasteiger partial charge < -0.3 is 5.32 Å². The van der Waals surface area contributed by atoms with Crippen LogP contribution in [-0.4, -0.2) is 10.9 Å². The molecule has 0 aliphatic rings. The summed E-state index contributed by atoms with van der Waals surface area (Å²) in [6.07, 6.45) is 3.28. The average Bonchev–Trinajstić information content (AvgIpc) is 2.39. The maximum atomic E-state index is 13.7. The fourth-order valence-electron chi connectivity index (χ4n) is 1.90. The lowest BCUT2D eigenvalue weighted by atomic mass is 9.95. The Balaban J connectivity index is 2.28. The molecule has 1 heterocycles. The van der Waals surface area contributed by atoms with Gasteiger partial charge in [0.25, 0.3) is 5.91 Å². The monoisotopic (exact) mass is 292 g/mol. The lowest BCUT2D eigenvalue weighted by Gasteiger charge is -2.27. The van der Waals surface area contributed by atoms with Gasteiger partial charge in [-0.2, -0.15) is 0 Å². The van der Waals surface area contributed by atoms with E-state index < -0.39 is 17.3 Å². The molecule has 0 saturated heterocycles. The molecule has 0 bridgehead atoms. The summed E-state index contributed by atoms with van der Waals surface area (Å²) in [6, 6.07) is 7.74. The van der Waals surface area contributed by atoms with Gasteiger partial charge in [0.2, 0.25) is 0 Å². The molecule has 104 valence electrons. The smallest absolute Gasteiger partial charge is 0.256 e. The summed E-state index contributed by atoms with van der Waals surface area (Å²) in [4.78, 5) is 16.2. The highest BCUT2D eigenvalue weighted by Gasteiger charge is 2.25. The van der Waals surface area contributed by atoms with Crippen LogP contribution >= 0.6 is 11.6 Å². The van der Waals surface area contributed by atoms with Crippen molar-refractivity contribution in [2.45, 2.75) is 19.4 Å². The van der Waals surface area contributed by atoms with Gasteiger partial charge in [-0.1, -0.05) is 17.7 Å². The Hall–Kier alpha value is -1.94. The summed E-state index contributed by atoms with van der Waals surface area (Å²) >= 11 is 5.89. The molecule has 1 aromatic heterocycles. The van der Waals surface area contributed by atoms with Crippen molar-refractivity contribution in [2.24, 2.45) is 0 Å². The summed E-state index contributed by atoms with van der Waals surface area (Å²) in [7, 11) is 0. The van der Waals surface area contributed by atoms with Crippen LogP contribution in [0, 0.1) is 5.82 Å². The van der Waals surface area contributed by atoms with Crippen molar-refractivity contribution in [1.82, 2.24) is 10.3 Å². The zero-order chi connectivity index (χ0) is 14.8. The lowest BCUT2D eigenvalue weighted by molar-refractivity contribution is 0.0908. The number of nitrogens with zero attached hydrogens (tertiary/aromatic N) is 1. The first kappa shape index (κ1) is 14.5. The number of nitrogens with one attached hydrogen (secondary N) is 1. The number of carbonyl (C=O) groups is 1. The molecule has 5 heteroatoms. The average molecular weight is 293 g/mol. The van der Waals surface area contributed by atoms with Crippen LogP contribution in [0.3, 0.4) is 0 Å². The van der Waals surface area contributed by atoms with Crippen LogP contribution in [0.15, 0.2) is 42.7 Å². The second-order valence-electron chi connectivity index (χ2n) is 4.91. The predicted molar refractivity (Wildman–Crippen MR) is 76.1 cm³/mol. The third-order valence-corrected chi connectivity index (χ3v) is 3.33. The molecule has 0 spiro atoms. The van der Waals surface area contributed by atoms with E-state index in [0.29, 0.717) is 0 Å². The van der Waals surface area contributed by atoms with E-state index >= 15 is 0 Å². The minimum atomic E-state index is -0.661. The first-order chi connectivity index (χ1) is 9.42. The number of benzene rings is 1. The molecule has 1 N–H and O–H groups in total. The fourth-order valence-corrected chi connectivity index (χ4v) is 2.15. The third-order valence-electron chi connectivity index (χ3n) is 3.02. The number of halogens is 2. The Bertz CT molecular complexity index is 609. The van der Waals surface area contributed by atoms with E-state index in [9.17, 15) is 9.18 Å². The molecule has 0 atom stereocenters. The zero-order valence-corrected chi connectivity index (χ0v) is 11.9. The summed E-state index contributed by atoms with van der Waals surface area (Å²) in [5.74, 6) is -1.18. The Kier molecular flexibility index (Phi) is 4.04. The molecule has 0 aliphatic heterocycles. The van der Waals surface area contributed by atoms with Gasteiger partial charge in [0.1, 0.15) is 5.82 Å². The molecule has 2 aromatic rings. The van der Waals surface area contributed by atoms with E-state index in [1.165, 1.54) is 18.2 Å². The molecule has 0 saturated carbocycles. The van der Waals surface area contributed by atoms with Crippen LogP contribution in [0.1, 0.15) is 29.8 Å². The van der Waals surface area contributed by atoms with Gasteiger partial charge in [-0.25, -0.2) is 4.39 Å². The van der Waals surface area contributed by atoms with Crippen LogP contribution < -0.4 is 5.32 Å². The van der Waals surface area contributed by atoms with Crippen LogP contribution in [0.5, 0.6) is 0 Å². The van der Waals surface area contributed by atoms with E-state index in [2.05, 4.69) is 10.3 Å². The quantitative estimate of drug-likeness (QED) is 0.940. The summed E-state index contributed by atoms with van der Waals surface area (Å²) < 4.78 is 13.7. The largest absolute Gasteiger partial charge is 0.343 e. The van der Waals surface area contributed by atoms with Crippen LogP contribution in [0.4, 0.5) is 4.39 Å². The van der Waals surface area contributed by atoms with E-state index in [4.69, 9.17) is 11.6 Å². The molecule has 2 rings (SSSR count). The second kappa shape index (κ2) is 5.59. The molecular weight excluding hydrogens is 279 g/mol. The van der Waals surface area contributed by atoms with Crippen LogP contribution in [0.2, 0.25) is 5.02 Å². The van der Waals surface area contributed by atoms with Crippen molar-refractivity contribution < 1.29 is 9.18 Å². The first-order valence-electron chi connectivity index (χ1n) is 6.09. The number of aromatic nitrogens is 1. The first-order valence-corrected chi connectivity index (χ1v) is 6.46. The number of amides is 1. The number of hydrogen-bond donors (Lipinski definition) is 1. The molecule has 0 radical (unpaired) electrons. The highest BCUT2D eigenvalue weighted by atomic mass is 35.5. The third kappa shape index (κ3) is 2.96. The fraction of sp³-hybridized carbons (Fsp3) is 0.200. The van der Waals surface area contributed by atoms with Crippen molar-refractivity contribution in [3.63, 3.8) is 0 Å². The summed E-state index contributed by atoms with van der Waals surface area (Å²) in [6.45, 7) is 3.66. The minimum Gasteiger partial charge on any atom is -0.343 e. The van der Waals surface area contributed by atoms with E-state index in [1.807, 2.05) is 13.8 Å². The highest BCUT2D eigenvalue weighted by molar-refractivity contribution is 6.33. The van der Waals surface area contributed by atoms with Gasteiger partial charge in [0.15, 0.2) is 0 Å². The van der Waals surface area contributed by atoms with Gasteiger partial charge in [-0.15, -0.1) is 0 Å². The number of rotatable bonds is 3. The maximum absolute atomic E-state index is 13.7. The molecule has 1 amide bonds. The van der Waals surface area contributed by atoms with Gasteiger partial charge in [0, 0.05) is 12.4 Å². The SMILES string of the molecule is CC(C)(NC(=O)c1c(F)cccc1Cl)c1ccncc1. The van der Waals surface area contributed by atoms with Crippen LogP contribution in [-0.2, 0) is 5.54 Å². The maximum Gasteiger partial charge on any atom is 0.256 e. The summed E-state index contributed by atoms with van der Waals surface area (Å²) in [5.41, 5.74) is 0.0654. The zero-order valence-electron chi connectivity index (χ0n) is 11.2. The lowest BCUT2D eigenvalue weighted by Crippen LogP contribution is -2.41. The number of pyridine rings is 1. The Morgan fingerprint density at radius 2 is 1.90 bits per heavy atom. The molecule has 3 nitrogen and oxygen atoms in total. The Morgan fingerprint density at radius 3 is 2.50 bits per heavy atom. The van der Waals surface area contributed by atoms with Crippen molar-refractivity contribution in [3.8, 4) is 0 Å². The topological polar surface area (TPSA) is 42.0 Å². The molecule has 0 aliphatic carbocycles. The summed E-state index contributed by atoms with van der Waals surface area (Å²) in [5, 5.41) is 2.87. The van der Waals surface area contributed by atoms with Gasteiger partial charge in [-0.3, -0.25) is 9.78 Å². The van der Waals surface area contributed by atoms with Gasteiger partial charge >= 0.3 is 0 Å². The predicted octanol–water partition coefficient (Wildman–Crippen LogP) is 3.54. The molecular formula is C15H14ClFN2O. The number of hydrogen-bond acceptors (Lipinski definition) is 2. The minimum absolute atomic E-state index is 0.0908. The van der Waals surface area contributed by atoms with Gasteiger partial charge in [0.05, 0.1) is 16.1 Å². The second-order valence-corrected chi connectivity index (χ2v) is 5.32. The van der Waals surface area contributed by atoms with Crippen molar-refractivity contribution in [2.75, 3.05) is 0 Å². The molecule has 20 heavy (non-hydrogen) atoms. The molecule has 0 unspecified atom stereocenters. The van der Waals surface area contributed by atoms with Crippen molar-refractivity contribution >= 4 is 17.5 Å². The van der Waals surface area contributed by atoms with E-state index in [0.717, 1.165) is 5.56 Å². The standard InChI is InChI=1S/C15H14ClFN2O/c1-15(2,10-6-8-18-9-7-10)19-14(20)13-11(16)4-3-5-12(13)17/h3-9H,1-2H3,(H,19,20). The highest BCUT2D eigenvalue weighted by Crippen LogP contribution is 2.23. The van der Waals surface area contributed by atoms with Gasteiger partial charge in [-0.05, 0) is 43.7 Å². The van der Waals surface area contributed by atoms with Crippen LogP contribution in [0.25, 0.3) is 0 Å². The van der Waals surface area contributed by atoms with Crippen molar-refractivity contribution in [3.05, 3.63) is 64.7 Å². The molecule has 1 aromatic carbocycles.